The van der Waals surface area contributed by atoms with Crippen molar-refractivity contribution in [1.82, 2.24) is 15.3 Å². The van der Waals surface area contributed by atoms with Gasteiger partial charge in [0.25, 0.3) is 0 Å². The second kappa shape index (κ2) is 9.03. The maximum Gasteiger partial charge on any atom is 0.166 e. The molecule has 162 valence electrons. The molecule has 0 spiro atoms. The fourth-order valence-electron chi connectivity index (χ4n) is 3.51. The lowest BCUT2D eigenvalue weighted by Crippen LogP contribution is -2.43. The fraction of sp³-hybridized carbons (Fsp3) is 0.273. The van der Waals surface area contributed by atoms with Crippen molar-refractivity contribution in [2.75, 3.05) is 36.8 Å². The normalized spacial score (nSPS) is 15.0. The van der Waals surface area contributed by atoms with Gasteiger partial charge in [-0.05, 0) is 37.3 Å². The summed E-state index contributed by atoms with van der Waals surface area (Å²) < 4.78 is 33.8. The number of aromatic nitrogens is 2. The molecule has 0 radical (unpaired) electrons. The van der Waals surface area contributed by atoms with E-state index in [0.29, 0.717) is 0 Å². The molecular weight excluding hydrogens is 424 g/mol. The zero-order valence-corrected chi connectivity index (χ0v) is 17.7. The van der Waals surface area contributed by atoms with Crippen LogP contribution in [0.2, 0.25) is 5.02 Å². The summed E-state index contributed by atoms with van der Waals surface area (Å²) in [6, 6.07) is 7.60. The van der Waals surface area contributed by atoms with Gasteiger partial charge in [0.05, 0.1) is 5.02 Å². The van der Waals surface area contributed by atoms with Gasteiger partial charge < -0.3 is 20.7 Å². The third-order valence-corrected chi connectivity index (χ3v) is 5.58. The van der Waals surface area contributed by atoms with Crippen molar-refractivity contribution in [2.24, 2.45) is 0 Å². The van der Waals surface area contributed by atoms with E-state index in [1.165, 1.54) is 0 Å². The van der Waals surface area contributed by atoms with Crippen LogP contribution in [0, 0.1) is 11.6 Å². The number of nitrogen functional groups attached to an aromatic ring is 1. The molecule has 1 fully saturated rings. The third-order valence-electron chi connectivity index (χ3n) is 5.19. The SMILES string of the molecule is CC(Oc1cc(-c2ccc(N3CCNCC3)nc2)cnc1N)c1c(F)ccc(F)c1Cl. The van der Waals surface area contributed by atoms with E-state index >= 15 is 0 Å². The minimum atomic E-state index is -0.879. The van der Waals surface area contributed by atoms with E-state index in [-0.39, 0.29) is 22.2 Å². The quantitative estimate of drug-likeness (QED) is 0.573. The van der Waals surface area contributed by atoms with Crippen LogP contribution in [0.25, 0.3) is 11.1 Å². The molecule has 1 saturated heterocycles. The topological polar surface area (TPSA) is 76.3 Å². The molecule has 0 saturated carbocycles. The second-order valence-electron chi connectivity index (χ2n) is 7.27. The van der Waals surface area contributed by atoms with Crippen LogP contribution in [0.4, 0.5) is 20.4 Å². The summed E-state index contributed by atoms with van der Waals surface area (Å²) in [5, 5.41) is 3.00. The first-order valence-corrected chi connectivity index (χ1v) is 10.3. The number of nitrogens with zero attached hydrogens (tertiary/aromatic N) is 3. The van der Waals surface area contributed by atoms with Crippen molar-refractivity contribution >= 4 is 23.2 Å². The van der Waals surface area contributed by atoms with E-state index in [9.17, 15) is 8.78 Å². The van der Waals surface area contributed by atoms with Gasteiger partial charge in [-0.25, -0.2) is 18.7 Å². The lowest BCUT2D eigenvalue weighted by Gasteiger charge is -2.28. The van der Waals surface area contributed by atoms with Gasteiger partial charge in [0.2, 0.25) is 0 Å². The van der Waals surface area contributed by atoms with E-state index in [0.717, 1.165) is 55.3 Å². The molecule has 3 heterocycles. The Morgan fingerprint density at radius 3 is 2.48 bits per heavy atom. The molecule has 2 aromatic heterocycles. The molecule has 3 aromatic rings. The highest BCUT2D eigenvalue weighted by atomic mass is 35.5. The Bertz CT molecular complexity index is 1070. The number of rotatable bonds is 5. The zero-order valence-electron chi connectivity index (χ0n) is 16.9. The van der Waals surface area contributed by atoms with Crippen molar-refractivity contribution in [3.8, 4) is 16.9 Å². The molecule has 4 rings (SSSR count). The Labute approximate surface area is 184 Å². The number of hydrogen-bond donors (Lipinski definition) is 2. The molecule has 0 bridgehead atoms. The summed E-state index contributed by atoms with van der Waals surface area (Å²) in [5.41, 5.74) is 7.45. The molecule has 9 heteroatoms. The number of benzene rings is 1. The van der Waals surface area contributed by atoms with Crippen molar-refractivity contribution in [3.05, 3.63) is 64.9 Å². The smallest absolute Gasteiger partial charge is 0.166 e. The van der Waals surface area contributed by atoms with Gasteiger partial charge in [-0.3, -0.25) is 0 Å². The highest BCUT2D eigenvalue weighted by molar-refractivity contribution is 6.31. The molecule has 31 heavy (non-hydrogen) atoms. The van der Waals surface area contributed by atoms with Gasteiger partial charge in [-0.2, -0.15) is 0 Å². The fourth-order valence-corrected chi connectivity index (χ4v) is 3.82. The predicted molar refractivity (Wildman–Crippen MR) is 117 cm³/mol. The van der Waals surface area contributed by atoms with E-state index in [1.807, 2.05) is 12.1 Å². The van der Waals surface area contributed by atoms with Crippen LogP contribution in [0.15, 0.2) is 42.7 Å². The van der Waals surface area contributed by atoms with Crippen molar-refractivity contribution in [2.45, 2.75) is 13.0 Å². The van der Waals surface area contributed by atoms with E-state index in [4.69, 9.17) is 22.1 Å². The predicted octanol–water partition coefficient (Wildman–Crippen LogP) is 4.21. The molecule has 1 atom stereocenters. The first kappa shape index (κ1) is 21.3. The summed E-state index contributed by atoms with van der Waals surface area (Å²) in [7, 11) is 0. The van der Waals surface area contributed by atoms with Gasteiger partial charge in [0.1, 0.15) is 23.6 Å². The van der Waals surface area contributed by atoms with Crippen LogP contribution in [-0.2, 0) is 0 Å². The zero-order chi connectivity index (χ0) is 22.0. The summed E-state index contributed by atoms with van der Waals surface area (Å²) in [5.74, 6) is -0.0851. The van der Waals surface area contributed by atoms with Gasteiger partial charge in [-0.15, -0.1) is 0 Å². The van der Waals surface area contributed by atoms with E-state index in [2.05, 4.69) is 20.2 Å². The molecule has 6 nitrogen and oxygen atoms in total. The monoisotopic (exact) mass is 445 g/mol. The minimum absolute atomic E-state index is 0.0755. The molecule has 1 unspecified atom stereocenters. The first-order chi connectivity index (χ1) is 14.9. The Morgan fingerprint density at radius 2 is 1.77 bits per heavy atom. The summed E-state index contributed by atoms with van der Waals surface area (Å²) >= 11 is 5.95. The molecule has 0 amide bonds. The average molecular weight is 446 g/mol. The number of ether oxygens (including phenoxy) is 1. The summed E-state index contributed by atoms with van der Waals surface area (Å²) in [6.45, 7) is 5.25. The first-order valence-electron chi connectivity index (χ1n) is 9.91. The molecular formula is C22H22ClF2N5O. The van der Waals surface area contributed by atoms with Crippen LogP contribution in [0.5, 0.6) is 5.75 Å². The summed E-state index contributed by atoms with van der Waals surface area (Å²) in [4.78, 5) is 11.0. The Balaban J connectivity index is 1.57. The van der Waals surface area contributed by atoms with Gasteiger partial charge in [-0.1, -0.05) is 11.6 Å². The average Bonchev–Trinajstić information content (AvgIpc) is 2.79. The molecule has 0 aliphatic carbocycles. The Kier molecular flexibility index (Phi) is 6.20. The standard InChI is InChI=1S/C22H22ClF2N5O/c1-13(20-16(24)3-4-17(25)21(20)23)31-18-10-15(12-29-22(18)26)14-2-5-19(28-11-14)30-8-6-27-7-9-30/h2-5,10-13,27H,6-9H2,1H3,(H2,26,29). The largest absolute Gasteiger partial charge is 0.482 e. The lowest BCUT2D eigenvalue weighted by molar-refractivity contribution is 0.221. The highest BCUT2D eigenvalue weighted by Gasteiger charge is 2.21. The maximum atomic E-state index is 14.2. The van der Waals surface area contributed by atoms with Gasteiger partial charge in [0, 0.05) is 55.3 Å². The maximum absolute atomic E-state index is 14.2. The number of piperazine rings is 1. The third kappa shape index (κ3) is 4.55. The Morgan fingerprint density at radius 1 is 1.06 bits per heavy atom. The number of anilines is 2. The Hall–Kier alpha value is -2.97. The lowest BCUT2D eigenvalue weighted by atomic mass is 10.1. The van der Waals surface area contributed by atoms with Crippen LogP contribution in [-0.4, -0.2) is 36.1 Å². The second-order valence-corrected chi connectivity index (χ2v) is 7.64. The van der Waals surface area contributed by atoms with E-state index in [1.54, 1.807) is 25.4 Å². The summed E-state index contributed by atoms with van der Waals surface area (Å²) in [6.07, 6.45) is 2.50. The van der Waals surface area contributed by atoms with Crippen molar-refractivity contribution in [1.29, 1.82) is 0 Å². The van der Waals surface area contributed by atoms with Crippen LogP contribution in [0.3, 0.4) is 0 Å². The molecule has 1 aliphatic heterocycles. The number of halogens is 3. The van der Waals surface area contributed by atoms with E-state index < -0.39 is 17.7 Å². The van der Waals surface area contributed by atoms with Crippen molar-refractivity contribution in [3.63, 3.8) is 0 Å². The molecule has 3 N–H and O–H groups in total. The number of hydrogen-bond acceptors (Lipinski definition) is 6. The number of pyridine rings is 2. The minimum Gasteiger partial charge on any atom is -0.482 e. The van der Waals surface area contributed by atoms with Crippen LogP contribution in [0.1, 0.15) is 18.6 Å². The van der Waals surface area contributed by atoms with Gasteiger partial charge >= 0.3 is 0 Å². The molecule has 1 aromatic carbocycles. The van der Waals surface area contributed by atoms with Crippen LogP contribution < -0.4 is 20.7 Å². The highest BCUT2D eigenvalue weighted by Crippen LogP contribution is 2.34. The van der Waals surface area contributed by atoms with Crippen molar-refractivity contribution < 1.29 is 13.5 Å². The van der Waals surface area contributed by atoms with Crippen LogP contribution >= 0.6 is 11.6 Å². The number of nitrogens with one attached hydrogen (secondary N) is 1. The molecule has 1 aliphatic rings. The van der Waals surface area contributed by atoms with Gasteiger partial charge in [0.15, 0.2) is 11.6 Å². The number of nitrogens with two attached hydrogens (primary N) is 1.